The van der Waals surface area contributed by atoms with Crippen LogP contribution in [-0.4, -0.2) is 40.8 Å². The lowest BCUT2D eigenvalue weighted by Gasteiger charge is -2.14. The molecule has 1 saturated heterocycles. The molecule has 2 aromatic rings. The molecule has 0 aliphatic carbocycles. The van der Waals surface area contributed by atoms with Crippen molar-refractivity contribution in [3.8, 4) is 5.75 Å². The third-order valence-corrected chi connectivity index (χ3v) is 6.37. The Labute approximate surface area is 188 Å². The number of hydrogen-bond donors (Lipinski definition) is 1. The lowest BCUT2D eigenvalue weighted by Crippen LogP contribution is -2.44. The van der Waals surface area contributed by atoms with Gasteiger partial charge >= 0.3 is 5.97 Å². The van der Waals surface area contributed by atoms with Gasteiger partial charge in [0, 0.05) is 0 Å². The molecule has 0 bridgehead atoms. The SMILES string of the molecule is COC(=O)COc1ccc(/C=C2/SC(=S)N(NC(=O)c3cccs3)C2=O)cc1Br. The number of methoxy groups -OCH3 is 1. The minimum Gasteiger partial charge on any atom is -0.481 e. The van der Waals surface area contributed by atoms with Gasteiger partial charge in [-0.2, -0.15) is 5.01 Å². The van der Waals surface area contributed by atoms with Gasteiger partial charge in [-0.1, -0.05) is 23.9 Å². The van der Waals surface area contributed by atoms with Crippen LogP contribution in [0.5, 0.6) is 5.75 Å². The van der Waals surface area contributed by atoms with Crippen molar-refractivity contribution in [3.63, 3.8) is 0 Å². The minimum absolute atomic E-state index is 0.211. The molecule has 0 saturated carbocycles. The molecule has 0 spiro atoms. The zero-order chi connectivity index (χ0) is 21.0. The summed E-state index contributed by atoms with van der Waals surface area (Å²) in [5.41, 5.74) is 3.24. The van der Waals surface area contributed by atoms with Crippen LogP contribution >= 0.6 is 51.2 Å². The van der Waals surface area contributed by atoms with Gasteiger partial charge < -0.3 is 9.47 Å². The maximum Gasteiger partial charge on any atom is 0.343 e. The summed E-state index contributed by atoms with van der Waals surface area (Å²) < 4.78 is 10.7. The van der Waals surface area contributed by atoms with Gasteiger partial charge in [0.2, 0.25) is 0 Å². The number of hydrazine groups is 1. The molecule has 2 heterocycles. The average molecular weight is 513 g/mol. The molecule has 1 aromatic carbocycles. The number of carbonyl (C=O) groups is 3. The van der Waals surface area contributed by atoms with E-state index < -0.39 is 17.8 Å². The number of nitrogens with zero attached hydrogens (tertiary/aromatic N) is 1. The van der Waals surface area contributed by atoms with Crippen molar-refractivity contribution in [3.05, 3.63) is 55.5 Å². The summed E-state index contributed by atoms with van der Waals surface area (Å²) in [7, 11) is 1.28. The zero-order valence-corrected chi connectivity index (χ0v) is 18.9. The Kier molecular flexibility index (Phi) is 7.06. The van der Waals surface area contributed by atoms with E-state index in [9.17, 15) is 14.4 Å². The highest BCUT2D eigenvalue weighted by molar-refractivity contribution is 9.10. The predicted molar refractivity (Wildman–Crippen MR) is 118 cm³/mol. The van der Waals surface area contributed by atoms with Crippen LogP contribution in [0, 0.1) is 0 Å². The van der Waals surface area contributed by atoms with Gasteiger partial charge in [-0.3, -0.25) is 15.0 Å². The summed E-state index contributed by atoms with van der Waals surface area (Å²) in [6.07, 6.45) is 1.66. The van der Waals surface area contributed by atoms with Crippen LogP contribution in [0.25, 0.3) is 6.08 Å². The maximum atomic E-state index is 12.6. The van der Waals surface area contributed by atoms with Crippen molar-refractivity contribution >= 4 is 79.4 Å². The highest BCUT2D eigenvalue weighted by Gasteiger charge is 2.34. The largest absolute Gasteiger partial charge is 0.481 e. The van der Waals surface area contributed by atoms with E-state index in [2.05, 4.69) is 26.1 Å². The number of nitrogens with one attached hydrogen (secondary N) is 1. The lowest BCUT2D eigenvalue weighted by molar-refractivity contribution is -0.142. The Hall–Kier alpha value is -2.21. The Bertz CT molecular complexity index is 1010. The fourth-order valence-corrected chi connectivity index (χ4v) is 4.50. The first-order valence-corrected chi connectivity index (χ1v) is 10.9. The van der Waals surface area contributed by atoms with E-state index in [1.54, 1.807) is 41.8 Å². The molecule has 1 aliphatic heterocycles. The molecule has 0 unspecified atom stereocenters. The van der Waals surface area contributed by atoms with E-state index in [4.69, 9.17) is 17.0 Å². The van der Waals surface area contributed by atoms with E-state index in [0.717, 1.165) is 16.8 Å². The highest BCUT2D eigenvalue weighted by Crippen LogP contribution is 2.33. The summed E-state index contributed by atoms with van der Waals surface area (Å²) in [6, 6.07) is 8.55. The van der Waals surface area contributed by atoms with Crippen LogP contribution in [0.1, 0.15) is 15.2 Å². The Morgan fingerprint density at radius 2 is 2.14 bits per heavy atom. The number of carbonyl (C=O) groups excluding carboxylic acids is 3. The van der Waals surface area contributed by atoms with E-state index >= 15 is 0 Å². The second-order valence-corrected chi connectivity index (χ2v) is 8.97. The first-order chi connectivity index (χ1) is 13.9. The molecule has 2 amide bonds. The highest BCUT2D eigenvalue weighted by atomic mass is 79.9. The quantitative estimate of drug-likeness (QED) is 0.359. The van der Waals surface area contributed by atoms with Crippen molar-refractivity contribution in [2.24, 2.45) is 0 Å². The van der Waals surface area contributed by atoms with Crippen LogP contribution in [0.15, 0.2) is 45.1 Å². The summed E-state index contributed by atoms with van der Waals surface area (Å²) in [5, 5.41) is 2.84. The van der Waals surface area contributed by atoms with E-state index in [0.29, 0.717) is 25.6 Å². The normalized spacial score (nSPS) is 15.0. The van der Waals surface area contributed by atoms with E-state index in [1.807, 2.05) is 0 Å². The van der Waals surface area contributed by atoms with Gasteiger partial charge in [0.15, 0.2) is 10.9 Å². The number of benzene rings is 1. The number of thioether (sulfide) groups is 1. The Morgan fingerprint density at radius 1 is 1.34 bits per heavy atom. The molecular formula is C18H13BrN2O5S3. The second kappa shape index (κ2) is 9.53. The topological polar surface area (TPSA) is 84.9 Å². The second-order valence-electron chi connectivity index (χ2n) is 5.49. The molecule has 150 valence electrons. The smallest absolute Gasteiger partial charge is 0.343 e. The number of thiocarbonyl (C=S) groups is 1. The van der Waals surface area contributed by atoms with Crippen molar-refractivity contribution in [1.29, 1.82) is 0 Å². The molecule has 1 fully saturated rings. The molecular weight excluding hydrogens is 500 g/mol. The van der Waals surface area contributed by atoms with Crippen LogP contribution < -0.4 is 10.2 Å². The van der Waals surface area contributed by atoms with Gasteiger partial charge in [0.25, 0.3) is 11.8 Å². The molecule has 0 radical (unpaired) electrons. The minimum atomic E-state index is -0.491. The average Bonchev–Trinajstić information content (AvgIpc) is 3.32. The molecule has 1 aliphatic rings. The summed E-state index contributed by atoms with van der Waals surface area (Å²) in [5.74, 6) is -0.836. The van der Waals surface area contributed by atoms with Crippen LogP contribution in [0.4, 0.5) is 0 Å². The van der Waals surface area contributed by atoms with E-state index in [-0.39, 0.29) is 10.9 Å². The van der Waals surface area contributed by atoms with Crippen LogP contribution in [0.3, 0.4) is 0 Å². The number of thiophene rings is 1. The molecule has 0 atom stereocenters. The number of esters is 1. The lowest BCUT2D eigenvalue weighted by atomic mass is 10.2. The Balaban J connectivity index is 1.71. The fourth-order valence-electron chi connectivity index (χ4n) is 2.20. The van der Waals surface area contributed by atoms with Crippen molar-refractivity contribution in [2.75, 3.05) is 13.7 Å². The molecule has 3 rings (SSSR count). The van der Waals surface area contributed by atoms with Gasteiger partial charge in [0.1, 0.15) is 5.75 Å². The predicted octanol–water partition coefficient (Wildman–Crippen LogP) is 3.61. The molecule has 1 N–H and O–H groups in total. The summed E-state index contributed by atoms with van der Waals surface area (Å²) in [6.45, 7) is -0.211. The molecule has 1 aromatic heterocycles. The Morgan fingerprint density at radius 3 is 2.79 bits per heavy atom. The first kappa shape index (κ1) is 21.5. The summed E-state index contributed by atoms with van der Waals surface area (Å²) >= 11 is 11.0. The van der Waals surface area contributed by atoms with Crippen molar-refractivity contribution in [2.45, 2.75) is 0 Å². The molecule has 11 heteroatoms. The number of hydrogen-bond acceptors (Lipinski definition) is 8. The maximum absolute atomic E-state index is 12.6. The van der Waals surface area contributed by atoms with Crippen LogP contribution in [-0.2, 0) is 14.3 Å². The van der Waals surface area contributed by atoms with Crippen molar-refractivity contribution in [1.82, 2.24) is 10.4 Å². The van der Waals surface area contributed by atoms with Crippen molar-refractivity contribution < 1.29 is 23.9 Å². The van der Waals surface area contributed by atoms with Gasteiger partial charge in [-0.15, -0.1) is 11.3 Å². The van der Waals surface area contributed by atoms with E-state index in [1.165, 1.54) is 18.4 Å². The number of amides is 2. The van der Waals surface area contributed by atoms with Gasteiger partial charge in [0.05, 0.1) is 21.4 Å². The summed E-state index contributed by atoms with van der Waals surface area (Å²) in [4.78, 5) is 36.9. The molecule has 29 heavy (non-hydrogen) atoms. The van der Waals surface area contributed by atoms with Crippen LogP contribution in [0.2, 0.25) is 0 Å². The third-order valence-electron chi connectivity index (χ3n) is 3.58. The first-order valence-electron chi connectivity index (χ1n) is 8.00. The van der Waals surface area contributed by atoms with Gasteiger partial charge in [-0.25, -0.2) is 4.79 Å². The third kappa shape index (κ3) is 5.24. The monoisotopic (exact) mass is 512 g/mol. The zero-order valence-electron chi connectivity index (χ0n) is 14.8. The number of rotatable bonds is 6. The number of halogens is 1. The number of ether oxygens (including phenoxy) is 2. The molecule has 7 nitrogen and oxygen atoms in total. The standard InChI is InChI=1S/C18H13BrN2O5S3/c1-25-15(22)9-26-12-5-4-10(7-11(12)19)8-14-17(24)21(18(27)29-14)20-16(23)13-3-2-6-28-13/h2-8H,9H2,1H3,(H,20,23)/b14-8+. The van der Waals surface area contributed by atoms with Gasteiger partial charge in [-0.05, 0) is 63.4 Å². The fraction of sp³-hybridized carbons (Fsp3) is 0.111.